The van der Waals surface area contributed by atoms with Crippen molar-refractivity contribution in [2.75, 3.05) is 7.05 Å². The van der Waals surface area contributed by atoms with Crippen molar-refractivity contribution in [1.29, 1.82) is 5.26 Å². The van der Waals surface area contributed by atoms with Crippen molar-refractivity contribution in [3.63, 3.8) is 0 Å². The molecule has 6 heteroatoms. The van der Waals surface area contributed by atoms with Crippen molar-refractivity contribution in [2.45, 2.75) is 13.5 Å². The fraction of sp³-hybridized carbons (Fsp3) is 0.375. The number of thiazole rings is 1. The summed E-state index contributed by atoms with van der Waals surface area (Å²) in [5.41, 5.74) is 0. The first-order valence-electron chi connectivity index (χ1n) is 3.88. The van der Waals surface area contributed by atoms with Crippen LogP contribution >= 0.6 is 33.9 Å². The van der Waals surface area contributed by atoms with Crippen LogP contribution in [0.25, 0.3) is 0 Å². The molecular formula is C8H9IN4S. The molecule has 0 aliphatic rings. The van der Waals surface area contributed by atoms with Gasteiger partial charge in [-0.3, -0.25) is 0 Å². The molecule has 0 bridgehead atoms. The second-order valence-corrected chi connectivity index (χ2v) is 5.56. The highest BCUT2D eigenvalue weighted by Gasteiger charge is 2.04. The molecule has 0 saturated carbocycles. The van der Waals surface area contributed by atoms with Crippen molar-refractivity contribution in [3.8, 4) is 6.19 Å². The van der Waals surface area contributed by atoms with Gasteiger partial charge in [0.1, 0.15) is 5.84 Å². The summed E-state index contributed by atoms with van der Waals surface area (Å²) < 4.78 is 1.03. The number of hydrogen-bond donors (Lipinski definition) is 0. The van der Waals surface area contributed by atoms with Gasteiger partial charge in [0.15, 0.2) is 3.01 Å². The largest absolute Gasteiger partial charge is 0.357 e. The molecule has 0 unspecified atom stereocenters. The lowest BCUT2D eigenvalue weighted by Gasteiger charge is -2.15. The molecule has 1 rings (SSSR count). The van der Waals surface area contributed by atoms with E-state index in [1.165, 1.54) is 4.88 Å². The molecule has 0 saturated heterocycles. The fourth-order valence-electron chi connectivity index (χ4n) is 0.863. The standard InChI is InChI=1S/C8H9IN4S/c1-6(12-5-10)13(2)4-7-3-11-8(9)14-7/h3H,4H2,1-2H3/b12-6-. The molecule has 0 aromatic carbocycles. The lowest BCUT2D eigenvalue weighted by molar-refractivity contribution is 0.502. The molecular weight excluding hydrogens is 311 g/mol. The van der Waals surface area contributed by atoms with Crippen LogP contribution < -0.4 is 0 Å². The fourth-order valence-corrected chi connectivity index (χ4v) is 2.54. The smallest absolute Gasteiger partial charge is 0.207 e. The van der Waals surface area contributed by atoms with Crippen LogP contribution in [0.4, 0.5) is 0 Å². The normalized spacial score (nSPS) is 11.1. The van der Waals surface area contributed by atoms with Gasteiger partial charge >= 0.3 is 0 Å². The monoisotopic (exact) mass is 320 g/mol. The van der Waals surface area contributed by atoms with E-state index in [0.717, 1.165) is 15.4 Å². The van der Waals surface area contributed by atoms with E-state index in [1.54, 1.807) is 17.5 Å². The Morgan fingerprint density at radius 2 is 2.57 bits per heavy atom. The minimum absolute atomic E-state index is 0.718. The van der Waals surface area contributed by atoms with Crippen LogP contribution in [0.15, 0.2) is 11.2 Å². The van der Waals surface area contributed by atoms with E-state index in [-0.39, 0.29) is 0 Å². The molecule has 0 atom stereocenters. The molecule has 1 heterocycles. The molecule has 0 radical (unpaired) electrons. The van der Waals surface area contributed by atoms with Gasteiger partial charge in [0.25, 0.3) is 0 Å². The maximum atomic E-state index is 8.38. The zero-order valence-electron chi connectivity index (χ0n) is 7.86. The lowest BCUT2D eigenvalue weighted by Crippen LogP contribution is -2.22. The number of hydrogen-bond acceptors (Lipinski definition) is 4. The van der Waals surface area contributed by atoms with E-state index in [1.807, 2.05) is 25.1 Å². The Labute approximate surface area is 100 Å². The van der Waals surface area contributed by atoms with Crippen LogP contribution in [0.5, 0.6) is 0 Å². The highest BCUT2D eigenvalue weighted by atomic mass is 127. The minimum Gasteiger partial charge on any atom is -0.357 e. The molecule has 0 spiro atoms. The second kappa shape index (κ2) is 5.26. The predicted octanol–water partition coefficient (Wildman–Crippen LogP) is 2.08. The van der Waals surface area contributed by atoms with Crippen LogP contribution in [0.3, 0.4) is 0 Å². The molecule has 1 aromatic heterocycles. The zero-order valence-corrected chi connectivity index (χ0v) is 10.8. The third-order valence-corrected chi connectivity index (χ3v) is 3.39. The predicted molar refractivity (Wildman–Crippen MR) is 65.0 cm³/mol. The Morgan fingerprint density at radius 3 is 3.07 bits per heavy atom. The third-order valence-electron chi connectivity index (χ3n) is 1.68. The van der Waals surface area contributed by atoms with Gasteiger partial charge in [0.05, 0.1) is 6.54 Å². The van der Waals surface area contributed by atoms with Crippen molar-refractivity contribution >= 4 is 39.8 Å². The van der Waals surface area contributed by atoms with Crippen molar-refractivity contribution in [2.24, 2.45) is 4.99 Å². The van der Waals surface area contributed by atoms with Crippen molar-refractivity contribution in [1.82, 2.24) is 9.88 Å². The topological polar surface area (TPSA) is 52.3 Å². The summed E-state index contributed by atoms with van der Waals surface area (Å²) in [7, 11) is 1.91. The van der Waals surface area contributed by atoms with Crippen LogP contribution in [0.1, 0.15) is 11.8 Å². The third kappa shape index (κ3) is 3.23. The average Bonchev–Trinajstić information content (AvgIpc) is 2.51. The van der Waals surface area contributed by atoms with Crippen LogP contribution in [-0.4, -0.2) is 22.8 Å². The average molecular weight is 320 g/mol. The Morgan fingerprint density at radius 1 is 1.86 bits per heavy atom. The summed E-state index contributed by atoms with van der Waals surface area (Å²) in [4.78, 5) is 10.9. The molecule has 0 amide bonds. The van der Waals surface area contributed by atoms with Gasteiger partial charge in [-0.2, -0.15) is 10.3 Å². The van der Waals surface area contributed by atoms with Gasteiger partial charge in [-0.25, -0.2) is 4.98 Å². The number of halogens is 1. The number of amidine groups is 1. The van der Waals surface area contributed by atoms with Crippen LogP contribution in [0.2, 0.25) is 0 Å². The summed E-state index contributed by atoms with van der Waals surface area (Å²) in [6.45, 7) is 2.56. The molecule has 14 heavy (non-hydrogen) atoms. The summed E-state index contributed by atoms with van der Waals surface area (Å²) in [5, 5.41) is 8.38. The SMILES string of the molecule is C/C(=N/C#N)N(C)Cc1cnc(I)s1. The molecule has 1 aromatic rings. The Balaban J connectivity index is 2.62. The number of nitriles is 1. The molecule has 0 aliphatic carbocycles. The van der Waals surface area contributed by atoms with Gasteiger partial charge in [-0.05, 0) is 29.5 Å². The quantitative estimate of drug-likeness (QED) is 0.363. The zero-order chi connectivity index (χ0) is 10.6. The van der Waals surface area contributed by atoms with E-state index >= 15 is 0 Å². The van der Waals surface area contributed by atoms with Gasteiger partial charge in [0, 0.05) is 18.1 Å². The summed E-state index contributed by atoms with van der Waals surface area (Å²) in [5.74, 6) is 0.718. The Hall–Kier alpha value is -0.680. The summed E-state index contributed by atoms with van der Waals surface area (Å²) in [6.07, 6.45) is 3.62. The maximum Gasteiger partial charge on any atom is 0.207 e. The molecule has 0 fully saturated rings. The Bertz CT molecular complexity index is 379. The molecule has 0 N–H and O–H groups in total. The second-order valence-electron chi connectivity index (χ2n) is 2.69. The summed E-state index contributed by atoms with van der Waals surface area (Å²) in [6, 6.07) is 0. The molecule has 0 aliphatic heterocycles. The molecule has 74 valence electrons. The first-order valence-corrected chi connectivity index (χ1v) is 5.77. The van der Waals surface area contributed by atoms with E-state index in [0.29, 0.717) is 0 Å². The number of nitrogens with zero attached hydrogens (tertiary/aromatic N) is 4. The van der Waals surface area contributed by atoms with Crippen molar-refractivity contribution in [3.05, 3.63) is 14.1 Å². The van der Waals surface area contributed by atoms with Crippen LogP contribution in [0, 0.1) is 14.5 Å². The first kappa shape index (κ1) is 11.4. The number of rotatable bonds is 2. The first-order chi connectivity index (χ1) is 6.63. The van der Waals surface area contributed by atoms with E-state index in [4.69, 9.17) is 5.26 Å². The number of aliphatic imine (C=N–C) groups is 1. The Kier molecular flexibility index (Phi) is 4.28. The number of aromatic nitrogens is 1. The van der Waals surface area contributed by atoms with Gasteiger partial charge in [0.2, 0.25) is 6.19 Å². The highest BCUT2D eigenvalue weighted by molar-refractivity contribution is 14.1. The van der Waals surface area contributed by atoms with Gasteiger partial charge in [-0.1, -0.05) is 0 Å². The van der Waals surface area contributed by atoms with E-state index < -0.39 is 0 Å². The summed E-state index contributed by atoms with van der Waals surface area (Å²) >= 11 is 3.84. The van der Waals surface area contributed by atoms with E-state index in [9.17, 15) is 0 Å². The minimum atomic E-state index is 0.718. The maximum absolute atomic E-state index is 8.38. The van der Waals surface area contributed by atoms with Crippen LogP contribution in [-0.2, 0) is 6.54 Å². The molecule has 4 nitrogen and oxygen atoms in total. The van der Waals surface area contributed by atoms with Crippen molar-refractivity contribution < 1.29 is 0 Å². The highest BCUT2D eigenvalue weighted by Crippen LogP contribution is 2.16. The van der Waals surface area contributed by atoms with Gasteiger partial charge in [-0.15, -0.1) is 11.3 Å². The lowest BCUT2D eigenvalue weighted by atomic mass is 10.4. The van der Waals surface area contributed by atoms with E-state index in [2.05, 4.69) is 32.6 Å². The van der Waals surface area contributed by atoms with Gasteiger partial charge < -0.3 is 4.90 Å².